The molecular weight excluding hydrogens is 428 g/mol. The van der Waals surface area contributed by atoms with E-state index in [1.54, 1.807) is 0 Å². The molecule has 0 aromatic carbocycles. The van der Waals surface area contributed by atoms with Crippen LogP contribution in [0.15, 0.2) is 12.2 Å². The average molecular weight is 479 g/mol. The zero-order valence-electron chi connectivity index (χ0n) is 21.3. The highest BCUT2D eigenvalue weighted by Crippen LogP contribution is 2.10. The number of nitrogens with zero attached hydrogens (tertiary/aromatic N) is 1. The molecule has 1 unspecified atom stereocenters. The maximum atomic E-state index is 12.1. The first kappa shape index (κ1) is 33.2. The number of rotatable bonds is 18. The fourth-order valence-corrected chi connectivity index (χ4v) is 3.46. The van der Waals surface area contributed by atoms with Crippen LogP contribution in [0.1, 0.15) is 110 Å². The van der Waals surface area contributed by atoms with Crippen LogP contribution < -0.4 is 5.32 Å². The van der Waals surface area contributed by atoms with Crippen molar-refractivity contribution in [3.8, 4) is 0 Å². The van der Waals surface area contributed by atoms with Crippen LogP contribution in [0.4, 0.5) is 0 Å². The molecule has 0 aliphatic heterocycles. The molecule has 0 rings (SSSR count). The molecule has 0 bridgehead atoms. The third-order valence-electron chi connectivity index (χ3n) is 5.31. The second-order valence-corrected chi connectivity index (χ2v) is 10.2. The molecule has 0 saturated carbocycles. The van der Waals surface area contributed by atoms with Crippen molar-refractivity contribution in [1.29, 1.82) is 0 Å². The monoisotopic (exact) mass is 478 g/mol. The van der Waals surface area contributed by atoms with Gasteiger partial charge in [0.1, 0.15) is 0 Å². The molecule has 1 amide bonds. The van der Waals surface area contributed by atoms with Crippen LogP contribution in [0, 0.1) is 0 Å². The minimum absolute atomic E-state index is 0.215. The number of carbonyl (C=O) groups is 1. The van der Waals surface area contributed by atoms with Gasteiger partial charge in [0, 0.05) is 12.8 Å². The zero-order chi connectivity index (χ0) is 24.9. The van der Waals surface area contributed by atoms with Crippen molar-refractivity contribution in [2.24, 2.45) is 0 Å². The van der Waals surface area contributed by atoms with Crippen molar-refractivity contribution >= 4 is 16.3 Å². The fraction of sp³-hybridized carbons (Fsp3) is 0.875. The molecule has 0 spiro atoms. The fourth-order valence-electron chi connectivity index (χ4n) is 3.46. The maximum Gasteiger partial charge on any atom is 0.224 e. The summed E-state index contributed by atoms with van der Waals surface area (Å²) in [4.78, 5) is 12.1. The minimum atomic E-state index is -4.92. The Morgan fingerprint density at radius 1 is 0.875 bits per heavy atom. The number of amides is 1. The molecule has 0 heterocycles. The van der Waals surface area contributed by atoms with Crippen LogP contribution in [-0.4, -0.2) is 55.2 Å². The van der Waals surface area contributed by atoms with Crippen molar-refractivity contribution in [1.82, 2.24) is 5.32 Å². The molecule has 0 fully saturated rings. The molecule has 0 aromatic heterocycles. The van der Waals surface area contributed by atoms with E-state index in [1.165, 1.54) is 77.0 Å². The Labute approximate surface area is 198 Å². The number of hydrogen-bond acceptors (Lipinski definition) is 4. The summed E-state index contributed by atoms with van der Waals surface area (Å²) in [6, 6.07) is 0. The number of unbranched alkanes of at least 4 members (excludes halogenated alkanes) is 11. The number of carbonyl (C=O) groups excluding carboxylic acids is 1. The summed E-state index contributed by atoms with van der Waals surface area (Å²) in [6.07, 6.45) is 23.4. The highest BCUT2D eigenvalue weighted by Gasteiger charge is 2.22. The van der Waals surface area contributed by atoms with Crippen LogP contribution in [0.3, 0.4) is 0 Å². The second kappa shape index (κ2) is 20.6. The van der Waals surface area contributed by atoms with Gasteiger partial charge in [0.2, 0.25) is 16.3 Å². The second-order valence-electron chi connectivity index (χ2n) is 9.37. The molecule has 0 saturated heterocycles. The number of hydrogen-bond donors (Lipinski definition) is 2. The van der Waals surface area contributed by atoms with E-state index in [1.807, 2.05) is 0 Å². The number of nitrogens with one attached hydrogen (secondary N) is 1. The Kier molecular flexibility index (Phi) is 21.4. The lowest BCUT2D eigenvalue weighted by Crippen LogP contribution is -2.54. The Morgan fingerprint density at radius 2 is 1.28 bits per heavy atom. The summed E-state index contributed by atoms with van der Waals surface area (Å²) in [5.41, 5.74) is 0. The van der Waals surface area contributed by atoms with Gasteiger partial charge in [-0.25, -0.2) is 8.42 Å². The van der Waals surface area contributed by atoms with Crippen LogP contribution in [-0.2, 0) is 15.2 Å². The van der Waals surface area contributed by atoms with E-state index in [0.29, 0.717) is 6.42 Å². The van der Waals surface area contributed by atoms with Crippen molar-refractivity contribution in [2.45, 2.75) is 116 Å². The summed E-state index contributed by atoms with van der Waals surface area (Å²) in [6.45, 7) is 4.41. The van der Waals surface area contributed by atoms with E-state index in [-0.39, 0.29) is 12.1 Å². The molecule has 0 aliphatic rings. The van der Waals surface area contributed by atoms with E-state index in [0.717, 1.165) is 17.3 Å². The molecule has 32 heavy (non-hydrogen) atoms. The standard InChI is InChI=1S/C24H48N2O.H2O4S/c1-6-8-9-10-11-12-13-14-15-16-17-18-19-20-21-22-24(27)25-23(7-2)26(3,4)5;1-5(2,3)4/h14-15,23H,6-13,16-22H2,1-5H3;(H2,1,2,3,4). The van der Waals surface area contributed by atoms with Gasteiger partial charge in [-0.15, -0.1) is 0 Å². The first-order valence-corrected chi connectivity index (χ1v) is 13.7. The van der Waals surface area contributed by atoms with Crippen LogP contribution >= 0.6 is 0 Å². The first-order valence-electron chi connectivity index (χ1n) is 12.4. The Bertz CT molecular complexity index is 563. The quantitative estimate of drug-likeness (QED) is 0.0667. The zero-order valence-corrected chi connectivity index (χ0v) is 22.1. The third kappa shape index (κ3) is 29.0. The number of allylic oxidation sites excluding steroid dienone is 2. The molecule has 0 aromatic rings. The largest absolute Gasteiger partial charge is 0.726 e. The van der Waals surface area contributed by atoms with Crippen LogP contribution in [0.2, 0.25) is 0 Å². The van der Waals surface area contributed by atoms with Gasteiger partial charge in [-0.1, -0.05) is 77.4 Å². The van der Waals surface area contributed by atoms with Gasteiger partial charge in [-0.2, -0.15) is 0 Å². The van der Waals surface area contributed by atoms with E-state index >= 15 is 0 Å². The minimum Gasteiger partial charge on any atom is -0.726 e. The third-order valence-corrected chi connectivity index (χ3v) is 5.31. The first-order chi connectivity index (χ1) is 14.9. The summed E-state index contributed by atoms with van der Waals surface area (Å²) in [5, 5.41) is 3.18. The summed E-state index contributed by atoms with van der Waals surface area (Å²) in [7, 11) is 1.49. The smallest absolute Gasteiger partial charge is 0.224 e. The highest BCUT2D eigenvalue weighted by atomic mass is 32.3. The van der Waals surface area contributed by atoms with Crippen LogP contribution in [0.5, 0.6) is 0 Å². The highest BCUT2D eigenvalue weighted by molar-refractivity contribution is 7.79. The Morgan fingerprint density at radius 3 is 1.69 bits per heavy atom. The van der Waals surface area contributed by atoms with Crippen molar-refractivity contribution in [3.63, 3.8) is 0 Å². The van der Waals surface area contributed by atoms with E-state index in [2.05, 4.69) is 52.5 Å². The molecule has 1 atom stereocenters. The van der Waals surface area contributed by atoms with E-state index < -0.39 is 10.4 Å². The van der Waals surface area contributed by atoms with Crippen LogP contribution in [0.25, 0.3) is 0 Å². The SMILES string of the molecule is CCCCCCCCC=CCCCCCCCC(=O)NC(CC)[N+](C)(C)C.O=S(=O)([O-])O. The summed E-state index contributed by atoms with van der Waals surface area (Å²) < 4.78 is 33.6. The summed E-state index contributed by atoms with van der Waals surface area (Å²) in [5.74, 6) is 0.215. The predicted molar refractivity (Wildman–Crippen MR) is 132 cm³/mol. The molecule has 0 aliphatic carbocycles. The molecular formula is C24H50N2O5S. The van der Waals surface area contributed by atoms with E-state index in [4.69, 9.17) is 17.5 Å². The normalized spacial score (nSPS) is 13.0. The van der Waals surface area contributed by atoms with E-state index in [9.17, 15) is 4.79 Å². The number of quaternary nitrogens is 1. The maximum absolute atomic E-state index is 12.1. The van der Waals surface area contributed by atoms with Crippen molar-refractivity contribution < 1.29 is 26.8 Å². The lowest BCUT2D eigenvalue weighted by molar-refractivity contribution is -0.898. The van der Waals surface area contributed by atoms with Crippen molar-refractivity contribution in [3.05, 3.63) is 12.2 Å². The van der Waals surface area contributed by atoms with Gasteiger partial charge in [-0.05, 0) is 32.1 Å². The van der Waals surface area contributed by atoms with Gasteiger partial charge in [0.05, 0.1) is 21.1 Å². The Balaban J connectivity index is 0. The van der Waals surface area contributed by atoms with Gasteiger partial charge < -0.3 is 14.4 Å². The predicted octanol–water partition coefficient (Wildman–Crippen LogP) is 5.59. The average Bonchev–Trinajstić information content (AvgIpc) is 2.67. The molecule has 7 nitrogen and oxygen atoms in total. The topological polar surface area (TPSA) is 107 Å². The molecule has 192 valence electrons. The van der Waals surface area contributed by atoms with Gasteiger partial charge in [0.15, 0.2) is 6.17 Å². The lowest BCUT2D eigenvalue weighted by atomic mass is 10.1. The van der Waals surface area contributed by atoms with Gasteiger partial charge in [0.25, 0.3) is 0 Å². The molecule has 2 N–H and O–H groups in total. The lowest BCUT2D eigenvalue weighted by Gasteiger charge is -2.33. The van der Waals surface area contributed by atoms with Gasteiger partial charge >= 0.3 is 0 Å². The Hall–Kier alpha value is -0.960. The molecule has 8 heteroatoms. The van der Waals surface area contributed by atoms with Crippen molar-refractivity contribution in [2.75, 3.05) is 21.1 Å². The summed E-state index contributed by atoms with van der Waals surface area (Å²) >= 11 is 0. The molecule has 0 radical (unpaired) electrons. The van der Waals surface area contributed by atoms with Gasteiger partial charge in [-0.3, -0.25) is 9.35 Å².